The third-order valence-corrected chi connectivity index (χ3v) is 4.56. The molecule has 0 amide bonds. The number of aryl methyl sites for hydroxylation is 6. The van der Waals surface area contributed by atoms with Crippen molar-refractivity contribution in [2.75, 3.05) is 33.2 Å². The zero-order chi connectivity index (χ0) is 20.2. The van der Waals surface area contributed by atoms with Crippen molar-refractivity contribution in [3.05, 3.63) is 34.7 Å². The number of nitrogens with one attached hydrogen (secondary N) is 1. The molecule has 0 atom stereocenters. The molecular weight excluding hydrogens is 340 g/mol. The van der Waals surface area contributed by atoms with Crippen molar-refractivity contribution >= 4 is 0 Å². The Bertz CT molecular complexity index is 548. The molecule has 2 aliphatic rings. The van der Waals surface area contributed by atoms with Crippen LogP contribution in [0.1, 0.15) is 60.4 Å². The van der Waals surface area contributed by atoms with Crippen LogP contribution in [0.3, 0.4) is 0 Å². The maximum Gasteiger partial charge on any atom is 0.191 e. The van der Waals surface area contributed by atoms with Crippen LogP contribution in [0.15, 0.2) is 8.83 Å². The molecule has 2 aliphatic heterocycles. The topological polar surface area (TPSA) is 67.3 Å². The molecule has 4 rings (SSSR count). The van der Waals surface area contributed by atoms with Crippen LogP contribution >= 0.6 is 0 Å². The molecule has 2 aromatic heterocycles. The van der Waals surface area contributed by atoms with E-state index in [1.807, 2.05) is 41.5 Å². The summed E-state index contributed by atoms with van der Waals surface area (Å²) in [4.78, 5) is 10.4. The van der Waals surface area contributed by atoms with Crippen LogP contribution in [-0.2, 0) is 0 Å². The van der Waals surface area contributed by atoms with Crippen molar-refractivity contribution in [1.82, 2.24) is 20.2 Å². The predicted octanol–water partition coefficient (Wildman–Crippen LogP) is 4.28. The van der Waals surface area contributed by atoms with Gasteiger partial charge >= 0.3 is 0 Å². The van der Waals surface area contributed by atoms with Crippen LogP contribution in [0.4, 0.5) is 0 Å². The molecular formula is C21H38N4O2. The minimum atomic E-state index is 0.750. The molecule has 0 saturated carbocycles. The number of aromatic nitrogens is 2. The summed E-state index contributed by atoms with van der Waals surface area (Å²) in [6, 6.07) is 0. The second kappa shape index (κ2) is 12.7. The second-order valence-corrected chi connectivity index (χ2v) is 7.22. The average molecular weight is 379 g/mol. The molecule has 1 N–H and O–H groups in total. The Kier molecular flexibility index (Phi) is 11.0. The minimum absolute atomic E-state index is 0.750. The molecule has 6 heteroatoms. The summed E-state index contributed by atoms with van der Waals surface area (Å²) in [5.41, 5.74) is 1.98. The lowest BCUT2D eigenvalue weighted by molar-refractivity contribution is 0.418. The van der Waals surface area contributed by atoms with E-state index in [1.54, 1.807) is 0 Å². The number of oxazole rings is 2. The second-order valence-electron chi connectivity index (χ2n) is 7.22. The predicted molar refractivity (Wildman–Crippen MR) is 110 cm³/mol. The Hall–Kier alpha value is -1.66. The smallest absolute Gasteiger partial charge is 0.191 e. The molecule has 0 bridgehead atoms. The molecule has 6 nitrogen and oxygen atoms in total. The zero-order valence-corrected chi connectivity index (χ0v) is 18.3. The lowest BCUT2D eigenvalue weighted by atomic mass is 10.4. The van der Waals surface area contributed by atoms with E-state index in [1.165, 1.54) is 51.9 Å². The summed E-state index contributed by atoms with van der Waals surface area (Å²) in [6.07, 6.45) is 5.60. The summed E-state index contributed by atoms with van der Waals surface area (Å²) in [5, 5.41) is 3.22. The number of nitrogens with zero attached hydrogens (tertiary/aromatic N) is 3. The highest BCUT2D eigenvalue weighted by atomic mass is 16.4. The van der Waals surface area contributed by atoms with Gasteiger partial charge in [0.15, 0.2) is 11.8 Å². The van der Waals surface area contributed by atoms with E-state index in [-0.39, 0.29) is 0 Å². The summed E-state index contributed by atoms with van der Waals surface area (Å²) >= 11 is 0. The van der Waals surface area contributed by atoms with Crippen molar-refractivity contribution in [1.29, 1.82) is 0 Å². The lowest BCUT2D eigenvalue weighted by Gasteiger charge is -2.01. The van der Waals surface area contributed by atoms with Gasteiger partial charge in [0.2, 0.25) is 0 Å². The van der Waals surface area contributed by atoms with E-state index >= 15 is 0 Å². The zero-order valence-electron chi connectivity index (χ0n) is 18.3. The van der Waals surface area contributed by atoms with Crippen LogP contribution in [0.25, 0.3) is 0 Å². The van der Waals surface area contributed by atoms with E-state index in [4.69, 9.17) is 8.83 Å². The molecule has 0 radical (unpaired) electrons. The molecule has 27 heavy (non-hydrogen) atoms. The SMILES string of the molecule is C1CCNC1.CN1CCCC1.Cc1nc(C)c(C)o1.Cc1nc(C)c(C)o1. The summed E-state index contributed by atoms with van der Waals surface area (Å²) in [5.74, 6) is 3.34. The highest BCUT2D eigenvalue weighted by Crippen LogP contribution is 2.06. The van der Waals surface area contributed by atoms with E-state index in [0.717, 1.165) is 34.7 Å². The van der Waals surface area contributed by atoms with Gasteiger partial charge in [0, 0.05) is 13.8 Å². The fourth-order valence-corrected chi connectivity index (χ4v) is 2.77. The lowest BCUT2D eigenvalue weighted by Crippen LogP contribution is -2.10. The van der Waals surface area contributed by atoms with Crippen molar-refractivity contribution in [3.63, 3.8) is 0 Å². The van der Waals surface area contributed by atoms with Gasteiger partial charge in [-0.3, -0.25) is 0 Å². The van der Waals surface area contributed by atoms with Crippen LogP contribution in [0.5, 0.6) is 0 Å². The van der Waals surface area contributed by atoms with Crippen LogP contribution in [-0.4, -0.2) is 48.1 Å². The summed E-state index contributed by atoms with van der Waals surface area (Å²) in [6.45, 7) is 16.5. The molecule has 4 heterocycles. The van der Waals surface area contributed by atoms with Crippen molar-refractivity contribution in [3.8, 4) is 0 Å². The van der Waals surface area contributed by atoms with Gasteiger partial charge < -0.3 is 19.1 Å². The first-order chi connectivity index (χ1) is 12.8. The molecule has 0 aromatic carbocycles. The van der Waals surface area contributed by atoms with Gasteiger partial charge in [-0.25, -0.2) is 9.97 Å². The van der Waals surface area contributed by atoms with Crippen molar-refractivity contribution in [2.45, 2.75) is 67.2 Å². The van der Waals surface area contributed by atoms with Gasteiger partial charge in [0.05, 0.1) is 11.4 Å². The molecule has 2 fully saturated rings. The summed E-state index contributed by atoms with van der Waals surface area (Å²) in [7, 11) is 2.17. The third-order valence-electron chi connectivity index (χ3n) is 4.56. The normalized spacial score (nSPS) is 16.0. The van der Waals surface area contributed by atoms with Gasteiger partial charge in [-0.1, -0.05) is 0 Å². The number of hydrogen-bond acceptors (Lipinski definition) is 6. The van der Waals surface area contributed by atoms with Crippen LogP contribution in [0, 0.1) is 41.5 Å². The quantitative estimate of drug-likeness (QED) is 0.738. The molecule has 154 valence electrons. The Balaban J connectivity index is 0.000000183. The van der Waals surface area contributed by atoms with Gasteiger partial charge in [-0.05, 0) is 86.6 Å². The molecule has 2 aromatic rings. The Morgan fingerprint density at radius 2 is 1.11 bits per heavy atom. The number of likely N-dealkylation sites (tertiary alicyclic amines) is 1. The maximum absolute atomic E-state index is 5.10. The van der Waals surface area contributed by atoms with Gasteiger partial charge in [-0.15, -0.1) is 0 Å². The standard InChI is InChI=1S/2C6H9NO.C5H11N.C4H9N/c2*1-4-5(2)8-6(3)7-4;1-6-4-2-3-5-6;1-2-4-5-3-1/h2*1-3H3;2-5H2,1H3;5H,1-4H2. The number of hydrogen-bond donors (Lipinski definition) is 1. The number of rotatable bonds is 0. The Labute approximate surface area is 164 Å². The van der Waals surface area contributed by atoms with E-state index in [2.05, 4.69) is 27.2 Å². The Morgan fingerprint density at radius 3 is 1.22 bits per heavy atom. The monoisotopic (exact) mass is 378 g/mol. The third kappa shape index (κ3) is 10.3. The molecule has 0 spiro atoms. The van der Waals surface area contributed by atoms with E-state index in [0.29, 0.717) is 0 Å². The fraction of sp³-hybridized carbons (Fsp3) is 0.714. The fourth-order valence-electron chi connectivity index (χ4n) is 2.77. The Morgan fingerprint density at radius 1 is 0.704 bits per heavy atom. The van der Waals surface area contributed by atoms with E-state index in [9.17, 15) is 0 Å². The van der Waals surface area contributed by atoms with E-state index < -0.39 is 0 Å². The van der Waals surface area contributed by atoms with Gasteiger partial charge in [0.1, 0.15) is 11.5 Å². The van der Waals surface area contributed by atoms with Crippen molar-refractivity contribution in [2.24, 2.45) is 0 Å². The van der Waals surface area contributed by atoms with Crippen molar-refractivity contribution < 1.29 is 8.83 Å². The first-order valence-electron chi connectivity index (χ1n) is 10.00. The highest BCUT2D eigenvalue weighted by molar-refractivity contribution is 5.04. The minimum Gasteiger partial charge on any atom is -0.446 e. The van der Waals surface area contributed by atoms with Gasteiger partial charge in [-0.2, -0.15) is 0 Å². The molecule has 0 aliphatic carbocycles. The molecule has 0 unspecified atom stereocenters. The maximum atomic E-state index is 5.10. The van der Waals surface area contributed by atoms with Crippen LogP contribution < -0.4 is 5.32 Å². The largest absolute Gasteiger partial charge is 0.446 e. The van der Waals surface area contributed by atoms with Gasteiger partial charge in [0.25, 0.3) is 0 Å². The first kappa shape index (κ1) is 23.4. The van der Waals surface area contributed by atoms with Crippen LogP contribution in [0.2, 0.25) is 0 Å². The molecule has 2 saturated heterocycles. The average Bonchev–Trinajstić information content (AvgIpc) is 3.37. The summed E-state index contributed by atoms with van der Waals surface area (Å²) < 4.78 is 10.2. The highest BCUT2D eigenvalue weighted by Gasteiger charge is 2.03. The first-order valence-corrected chi connectivity index (χ1v) is 10.00.